The Hall–Kier alpha value is -3.82. The molecule has 0 unspecified atom stereocenters. The van der Waals surface area contributed by atoms with Crippen molar-refractivity contribution in [3.05, 3.63) is 91.4 Å². The van der Waals surface area contributed by atoms with Crippen molar-refractivity contribution in [3.63, 3.8) is 0 Å². The molecule has 2 aromatic carbocycles. The van der Waals surface area contributed by atoms with Crippen molar-refractivity contribution in [2.24, 2.45) is 0 Å². The number of fused-ring (bicyclic) bond motifs is 6. The molecule has 40 heavy (non-hydrogen) atoms. The van der Waals surface area contributed by atoms with E-state index in [0.717, 1.165) is 44.9 Å². The standard InChI is InChI=1S/C30H23ClFN5O2S/c1-14-34-19-10-15(3-7-23(19)40-14)20-13-33-28(35-20)22-6-5-21-26-17(11-24(38)37(21)22)25-16(2-4-18(31)27(25)32)12-30(8-9-30)36-29(26)39/h2-4,7,10-11,13,22H,5-6,8-9,12H2,1H3,(H,33,35)(H,36,39)/t22-/m1/s1. The zero-order valence-electron chi connectivity index (χ0n) is 21.5. The molecule has 5 aromatic rings. The van der Waals surface area contributed by atoms with Gasteiger partial charge in [0.1, 0.15) is 11.6 Å². The number of aromatic nitrogens is 4. The van der Waals surface area contributed by atoms with Crippen LogP contribution in [0.5, 0.6) is 0 Å². The van der Waals surface area contributed by atoms with Crippen molar-refractivity contribution < 1.29 is 9.18 Å². The van der Waals surface area contributed by atoms with Crippen molar-refractivity contribution in [1.29, 1.82) is 0 Å². The molecule has 3 aliphatic rings. The summed E-state index contributed by atoms with van der Waals surface area (Å²) in [6.07, 6.45) is 5.01. The average molecular weight is 572 g/mol. The number of aromatic amines is 1. The second-order valence-electron chi connectivity index (χ2n) is 11.0. The number of thiazole rings is 1. The summed E-state index contributed by atoms with van der Waals surface area (Å²) >= 11 is 7.85. The van der Waals surface area contributed by atoms with Gasteiger partial charge in [-0.2, -0.15) is 0 Å². The summed E-state index contributed by atoms with van der Waals surface area (Å²) in [5, 5.41) is 4.19. The van der Waals surface area contributed by atoms with Crippen molar-refractivity contribution >= 4 is 39.1 Å². The number of rotatable bonds is 2. The lowest BCUT2D eigenvalue weighted by Gasteiger charge is -2.27. The van der Waals surface area contributed by atoms with Crippen LogP contribution in [0.1, 0.15) is 57.8 Å². The van der Waals surface area contributed by atoms with Gasteiger partial charge in [-0.3, -0.25) is 9.59 Å². The minimum atomic E-state index is -0.590. The molecule has 10 heteroatoms. The van der Waals surface area contributed by atoms with Crippen LogP contribution in [0.4, 0.5) is 4.39 Å². The summed E-state index contributed by atoms with van der Waals surface area (Å²) in [6.45, 7) is 1.99. The monoisotopic (exact) mass is 571 g/mol. The fourth-order valence-electron chi connectivity index (χ4n) is 6.43. The van der Waals surface area contributed by atoms with E-state index in [1.165, 1.54) is 6.07 Å². The Morgan fingerprint density at radius 2 is 2.00 bits per heavy atom. The third-order valence-electron chi connectivity index (χ3n) is 8.48. The summed E-state index contributed by atoms with van der Waals surface area (Å²) in [5.74, 6) is -0.216. The largest absolute Gasteiger partial charge is 0.346 e. The first-order valence-corrected chi connectivity index (χ1v) is 14.5. The summed E-state index contributed by atoms with van der Waals surface area (Å²) in [6, 6.07) is 10.5. The van der Waals surface area contributed by atoms with Crippen molar-refractivity contribution in [2.45, 2.75) is 50.6 Å². The zero-order chi connectivity index (χ0) is 27.3. The molecular weight excluding hydrogens is 549 g/mol. The Kier molecular flexibility index (Phi) is 5.01. The fourth-order valence-corrected chi connectivity index (χ4v) is 7.40. The first-order valence-electron chi connectivity index (χ1n) is 13.3. The van der Waals surface area contributed by atoms with Gasteiger partial charge in [-0.1, -0.05) is 23.7 Å². The number of carbonyl (C=O) groups excluding carboxylic acids is 1. The normalized spacial score (nSPS) is 18.7. The Bertz CT molecular complexity index is 1970. The molecule has 3 aromatic heterocycles. The van der Waals surface area contributed by atoms with E-state index in [4.69, 9.17) is 11.6 Å². The molecule has 1 fully saturated rings. The molecule has 1 aliphatic carbocycles. The Balaban J connectivity index is 1.26. The number of carbonyl (C=O) groups is 1. The van der Waals surface area contributed by atoms with Gasteiger partial charge in [-0.15, -0.1) is 11.3 Å². The molecule has 8 rings (SSSR count). The minimum absolute atomic E-state index is 0.0249. The number of nitrogens with one attached hydrogen (secondary N) is 2. The molecule has 200 valence electrons. The van der Waals surface area contributed by atoms with Gasteiger partial charge in [0.25, 0.3) is 11.5 Å². The number of H-pyrrole nitrogens is 1. The number of amides is 1. The molecule has 1 spiro atoms. The molecule has 1 amide bonds. The van der Waals surface area contributed by atoms with Gasteiger partial charge in [-0.05, 0) is 62.8 Å². The topological polar surface area (TPSA) is 92.7 Å². The van der Waals surface area contributed by atoms with Crippen LogP contribution in [0.15, 0.2) is 47.4 Å². The second kappa shape index (κ2) is 8.34. The Labute approximate surface area is 237 Å². The lowest BCUT2D eigenvalue weighted by molar-refractivity contribution is 0.0929. The zero-order valence-corrected chi connectivity index (χ0v) is 23.0. The van der Waals surface area contributed by atoms with E-state index in [1.807, 2.05) is 25.1 Å². The van der Waals surface area contributed by atoms with Crippen molar-refractivity contribution in [1.82, 2.24) is 24.8 Å². The van der Waals surface area contributed by atoms with Crippen molar-refractivity contribution in [2.75, 3.05) is 0 Å². The molecule has 1 saturated carbocycles. The highest BCUT2D eigenvalue weighted by Gasteiger charge is 2.47. The molecule has 2 aliphatic heterocycles. The van der Waals surface area contributed by atoms with E-state index in [-0.39, 0.29) is 33.6 Å². The van der Waals surface area contributed by atoms with Crippen LogP contribution in [0.25, 0.3) is 32.6 Å². The second-order valence-corrected chi connectivity index (χ2v) is 12.7. The molecule has 0 bridgehead atoms. The molecule has 0 saturated heterocycles. The smallest absolute Gasteiger partial charge is 0.254 e. The number of nitrogens with zero attached hydrogens (tertiary/aromatic N) is 3. The van der Waals surface area contributed by atoms with Crippen LogP contribution in [-0.2, 0) is 12.8 Å². The van der Waals surface area contributed by atoms with Gasteiger partial charge in [0.2, 0.25) is 0 Å². The SMILES string of the molecule is Cc1nc2cc(-c3cnc([C@H]4CCc5c6c(cc(=O)n54)-c4c(ccc(Cl)c4F)CC4(CC4)NC6=O)[nH]3)ccc2s1. The third kappa shape index (κ3) is 3.53. The lowest BCUT2D eigenvalue weighted by Crippen LogP contribution is -2.41. The van der Waals surface area contributed by atoms with Crippen LogP contribution in [0.3, 0.4) is 0 Å². The van der Waals surface area contributed by atoms with Crippen LogP contribution in [0, 0.1) is 12.7 Å². The van der Waals surface area contributed by atoms with Gasteiger partial charge in [0, 0.05) is 34.0 Å². The van der Waals surface area contributed by atoms with E-state index in [2.05, 4.69) is 26.3 Å². The van der Waals surface area contributed by atoms with E-state index in [1.54, 1.807) is 28.2 Å². The third-order valence-corrected chi connectivity index (χ3v) is 9.72. The number of hydrogen-bond donors (Lipinski definition) is 2. The summed E-state index contributed by atoms with van der Waals surface area (Å²) in [7, 11) is 0. The summed E-state index contributed by atoms with van der Waals surface area (Å²) in [4.78, 5) is 40.0. The van der Waals surface area contributed by atoms with Crippen LogP contribution >= 0.6 is 22.9 Å². The predicted octanol–water partition coefficient (Wildman–Crippen LogP) is 5.97. The van der Waals surface area contributed by atoms with Crippen LogP contribution in [-0.4, -0.2) is 31.0 Å². The quantitative estimate of drug-likeness (QED) is 0.273. The van der Waals surface area contributed by atoms with Crippen molar-refractivity contribution in [3.8, 4) is 22.4 Å². The number of halogens is 2. The predicted molar refractivity (Wildman–Crippen MR) is 153 cm³/mol. The first kappa shape index (κ1) is 24.0. The van der Waals surface area contributed by atoms with Gasteiger partial charge in [0.15, 0.2) is 0 Å². The number of hydrogen-bond acceptors (Lipinski definition) is 5. The van der Waals surface area contributed by atoms with E-state index < -0.39 is 5.82 Å². The number of pyridine rings is 1. The average Bonchev–Trinajstić information content (AvgIpc) is 3.28. The number of imidazole rings is 1. The molecular formula is C30H23ClFN5O2S. The van der Waals surface area contributed by atoms with E-state index >= 15 is 4.39 Å². The minimum Gasteiger partial charge on any atom is -0.346 e. The Morgan fingerprint density at radius 3 is 2.83 bits per heavy atom. The highest BCUT2D eigenvalue weighted by atomic mass is 35.5. The lowest BCUT2D eigenvalue weighted by atomic mass is 9.88. The van der Waals surface area contributed by atoms with Crippen LogP contribution < -0.4 is 10.9 Å². The maximum absolute atomic E-state index is 15.6. The number of benzene rings is 2. The molecule has 0 radical (unpaired) electrons. The Morgan fingerprint density at radius 1 is 1.15 bits per heavy atom. The molecule has 5 heterocycles. The highest BCUT2D eigenvalue weighted by molar-refractivity contribution is 7.18. The van der Waals surface area contributed by atoms with Gasteiger partial charge >= 0.3 is 0 Å². The fraction of sp³-hybridized carbons (Fsp3) is 0.267. The van der Waals surface area contributed by atoms with E-state index in [9.17, 15) is 9.59 Å². The van der Waals surface area contributed by atoms with Gasteiger partial charge in [-0.25, -0.2) is 14.4 Å². The maximum atomic E-state index is 15.6. The maximum Gasteiger partial charge on any atom is 0.254 e. The highest BCUT2D eigenvalue weighted by Crippen LogP contribution is 2.46. The molecule has 1 atom stereocenters. The number of aryl methyl sites for hydroxylation is 1. The summed E-state index contributed by atoms with van der Waals surface area (Å²) in [5.41, 5.74) is 4.32. The van der Waals surface area contributed by atoms with E-state index in [0.29, 0.717) is 41.9 Å². The first-order chi connectivity index (χ1) is 19.3. The molecule has 7 nitrogen and oxygen atoms in total. The molecule has 2 N–H and O–H groups in total. The van der Waals surface area contributed by atoms with Gasteiger partial charge < -0.3 is 14.9 Å². The van der Waals surface area contributed by atoms with Gasteiger partial charge in [0.05, 0.1) is 43.7 Å². The summed E-state index contributed by atoms with van der Waals surface area (Å²) < 4.78 is 18.3. The van der Waals surface area contributed by atoms with Crippen LogP contribution in [0.2, 0.25) is 5.02 Å².